The van der Waals surface area contributed by atoms with E-state index < -0.39 is 3.79 Å². The second-order valence-electron chi connectivity index (χ2n) is 16.1. The molecule has 1 aliphatic heterocycles. The minimum absolute atomic E-state index is 0.658. The summed E-state index contributed by atoms with van der Waals surface area (Å²) >= 11 is 2.47. The topological polar surface area (TPSA) is 44.9 Å². The minimum atomic E-state index is -1.01. The van der Waals surface area contributed by atoms with Gasteiger partial charge in [-0.1, -0.05) is 164 Å². The molecule has 0 aliphatic carbocycles. The number of anilines is 2. The fourth-order valence-corrected chi connectivity index (χ4v) is 10.2. The Kier molecular flexibility index (Phi) is 9.73. The van der Waals surface area contributed by atoms with E-state index in [9.17, 15) is 0 Å². The Morgan fingerprint density at radius 1 is 0.492 bits per heavy atom. The molecular weight excluding hydrogens is 882 g/mol. The minimum Gasteiger partial charge on any atom is -0.319 e. The number of aromatic nitrogens is 1. The molecule has 0 spiro atoms. The molecule has 0 saturated carbocycles. The molecule has 10 aromatic rings. The number of aryl methyl sites for hydroxylation is 2. The largest absolute Gasteiger partial charge is 0.319 e. The van der Waals surface area contributed by atoms with E-state index in [4.69, 9.17) is 9.98 Å². The number of aliphatic imine (C=N–C) groups is 2. The highest BCUT2D eigenvalue weighted by atomic mass is 127. The van der Waals surface area contributed by atoms with Gasteiger partial charge in [0.25, 0.3) is 3.79 Å². The van der Waals surface area contributed by atoms with E-state index in [-0.39, 0.29) is 0 Å². The zero-order valence-electron chi connectivity index (χ0n) is 34.9. The lowest BCUT2D eigenvalue weighted by Gasteiger charge is -2.41. The van der Waals surface area contributed by atoms with Crippen LogP contribution in [0.1, 0.15) is 22.3 Å². The van der Waals surface area contributed by atoms with Gasteiger partial charge in [-0.2, -0.15) is 0 Å². The molecule has 6 heteroatoms. The number of amidine groups is 2. The van der Waals surface area contributed by atoms with Crippen LogP contribution in [0.4, 0.5) is 11.4 Å². The molecule has 0 saturated heterocycles. The van der Waals surface area contributed by atoms with E-state index in [1.807, 2.05) is 36.4 Å². The van der Waals surface area contributed by atoms with E-state index >= 15 is 0 Å². The molecule has 0 amide bonds. The number of nitrogens with zero attached hydrogens (tertiary/aromatic N) is 4. The van der Waals surface area contributed by atoms with E-state index in [1.54, 1.807) is 0 Å². The predicted octanol–water partition coefficient (Wildman–Crippen LogP) is 14.6. The van der Waals surface area contributed by atoms with Gasteiger partial charge >= 0.3 is 0 Å². The molecule has 63 heavy (non-hydrogen) atoms. The normalized spacial score (nSPS) is 15.0. The third-order valence-corrected chi connectivity index (χ3v) is 13.1. The molecule has 5 nitrogen and oxygen atoms in total. The standard InChI is InChI=1S/C57H42IN5/c1-38-16-9-12-24-48(38)54-39(2)17-15-26-49(54)44-29-35-51-50-25-13-14-27-52(50)62(53(51)37-44)45-31-33-46(34-32-45)63(47-30-28-40-18-10-11-23-43(40)36-47)57(58)60-55(41-19-5-3-6-20-41)59-56(61-57)42-21-7-4-8-22-42/h3-37H,1-2H3,(H,59,60,61). The molecule has 1 aliphatic rings. The fourth-order valence-electron chi connectivity index (χ4n) is 9.13. The summed E-state index contributed by atoms with van der Waals surface area (Å²) in [6.45, 7) is 4.42. The second kappa shape index (κ2) is 15.9. The molecule has 9 aromatic carbocycles. The van der Waals surface area contributed by atoms with Crippen LogP contribution in [0.25, 0.3) is 60.5 Å². The Morgan fingerprint density at radius 3 is 1.92 bits per heavy atom. The number of hydrogen-bond donors (Lipinski definition) is 1. The average molecular weight is 924 g/mol. The Balaban J connectivity index is 1.08. The fraction of sp³-hybridized carbons (Fsp3) is 0.0526. The van der Waals surface area contributed by atoms with Crippen LogP contribution < -0.4 is 10.2 Å². The molecule has 2 heterocycles. The summed E-state index contributed by atoms with van der Waals surface area (Å²) in [5.74, 6) is 1.41. The molecule has 11 rings (SSSR count). The Morgan fingerprint density at radius 2 is 1.13 bits per heavy atom. The van der Waals surface area contributed by atoms with Crippen molar-refractivity contribution in [2.75, 3.05) is 4.90 Å². The molecule has 1 N–H and O–H groups in total. The van der Waals surface area contributed by atoms with Crippen LogP contribution in [0, 0.1) is 13.8 Å². The van der Waals surface area contributed by atoms with E-state index in [2.05, 4.69) is 227 Å². The van der Waals surface area contributed by atoms with Crippen molar-refractivity contribution in [2.45, 2.75) is 17.6 Å². The van der Waals surface area contributed by atoms with Gasteiger partial charge in [-0.05, 0) is 107 Å². The maximum atomic E-state index is 5.45. The first-order chi connectivity index (χ1) is 30.9. The lowest BCUT2D eigenvalue weighted by Crippen LogP contribution is -2.56. The molecule has 1 atom stereocenters. The number of para-hydroxylation sites is 1. The lowest BCUT2D eigenvalue weighted by molar-refractivity contribution is 0.609. The second-order valence-corrected chi connectivity index (χ2v) is 17.6. The van der Waals surface area contributed by atoms with Crippen LogP contribution in [0.3, 0.4) is 0 Å². The van der Waals surface area contributed by atoms with Gasteiger partial charge in [0.1, 0.15) is 5.84 Å². The van der Waals surface area contributed by atoms with Crippen LogP contribution >= 0.6 is 22.6 Å². The number of hydrogen-bond acceptors (Lipinski definition) is 4. The molecule has 0 bridgehead atoms. The maximum Gasteiger partial charge on any atom is 0.268 e. The summed E-state index contributed by atoms with van der Waals surface area (Å²) in [6, 6.07) is 75.6. The quantitative estimate of drug-likeness (QED) is 0.0937. The van der Waals surface area contributed by atoms with Gasteiger partial charge in [0.15, 0.2) is 5.84 Å². The molecule has 1 unspecified atom stereocenters. The monoisotopic (exact) mass is 923 g/mol. The molecular formula is C57H42IN5. The van der Waals surface area contributed by atoms with Gasteiger partial charge in [0.2, 0.25) is 0 Å². The molecule has 0 fully saturated rings. The van der Waals surface area contributed by atoms with Crippen LogP contribution in [-0.4, -0.2) is 20.0 Å². The van der Waals surface area contributed by atoms with Gasteiger partial charge in [-0.25, -0.2) is 9.98 Å². The molecule has 1 aromatic heterocycles. The van der Waals surface area contributed by atoms with E-state index in [0.29, 0.717) is 5.84 Å². The van der Waals surface area contributed by atoms with E-state index in [0.717, 1.165) is 50.4 Å². The first-order valence-electron chi connectivity index (χ1n) is 21.3. The van der Waals surface area contributed by atoms with Crippen molar-refractivity contribution in [3.8, 4) is 27.9 Å². The summed E-state index contributed by atoms with van der Waals surface area (Å²) < 4.78 is 1.40. The van der Waals surface area contributed by atoms with Crippen molar-refractivity contribution in [2.24, 2.45) is 9.98 Å². The summed E-state index contributed by atoms with van der Waals surface area (Å²) in [5.41, 5.74) is 14.8. The number of nitrogens with one attached hydrogen (secondary N) is 1. The van der Waals surface area contributed by atoms with Gasteiger partial charge in [-0.15, -0.1) is 0 Å². The van der Waals surface area contributed by atoms with E-state index in [1.165, 1.54) is 49.5 Å². The molecule has 302 valence electrons. The lowest BCUT2D eigenvalue weighted by atomic mass is 9.89. The number of benzene rings is 9. The van der Waals surface area contributed by atoms with Crippen molar-refractivity contribution in [3.05, 3.63) is 235 Å². The summed E-state index contributed by atoms with van der Waals surface area (Å²) in [4.78, 5) is 12.9. The first-order valence-corrected chi connectivity index (χ1v) is 22.3. The van der Waals surface area contributed by atoms with Crippen LogP contribution in [-0.2, 0) is 0 Å². The van der Waals surface area contributed by atoms with Crippen LogP contribution in [0.5, 0.6) is 0 Å². The third kappa shape index (κ3) is 6.97. The number of alkyl halides is 1. The third-order valence-electron chi connectivity index (χ3n) is 12.2. The Hall–Kier alpha value is -7.29. The van der Waals surface area contributed by atoms with Crippen LogP contribution in [0.15, 0.2) is 222 Å². The van der Waals surface area contributed by atoms with Crippen molar-refractivity contribution in [1.82, 2.24) is 9.88 Å². The number of rotatable bonds is 8. The van der Waals surface area contributed by atoms with Crippen molar-refractivity contribution < 1.29 is 0 Å². The Labute approximate surface area is 380 Å². The smallest absolute Gasteiger partial charge is 0.268 e. The van der Waals surface area contributed by atoms with Gasteiger partial charge in [0.05, 0.1) is 11.0 Å². The zero-order chi connectivity index (χ0) is 42.5. The summed E-state index contributed by atoms with van der Waals surface area (Å²) in [5, 5.41) is 8.56. The van der Waals surface area contributed by atoms with Gasteiger partial charge in [0, 0.05) is 61.6 Å². The highest BCUT2D eigenvalue weighted by molar-refractivity contribution is 14.1. The first kappa shape index (κ1) is 38.6. The highest BCUT2D eigenvalue weighted by Crippen LogP contribution is 2.43. The number of halogens is 1. The Bertz CT molecular complexity index is 3410. The predicted molar refractivity (Wildman–Crippen MR) is 273 cm³/mol. The van der Waals surface area contributed by atoms with Crippen molar-refractivity contribution >= 4 is 78.2 Å². The zero-order valence-corrected chi connectivity index (χ0v) is 37.0. The summed E-state index contributed by atoms with van der Waals surface area (Å²) in [7, 11) is 0. The number of fused-ring (bicyclic) bond motifs is 4. The summed E-state index contributed by atoms with van der Waals surface area (Å²) in [6.07, 6.45) is 0. The van der Waals surface area contributed by atoms with Crippen molar-refractivity contribution in [1.29, 1.82) is 0 Å². The average Bonchev–Trinajstić information content (AvgIpc) is 3.66. The molecule has 0 radical (unpaired) electrons. The maximum absolute atomic E-state index is 5.45. The SMILES string of the molecule is Cc1ccccc1-c1c(C)cccc1-c1ccc2c3ccccc3n(-c3ccc(N(c4ccc5ccccc5c4)C4(I)N=C(c5ccccc5)N=C(c5ccccc5)N4)cc3)c2c1. The van der Waals surface area contributed by atoms with Gasteiger partial charge in [-0.3, -0.25) is 4.90 Å². The van der Waals surface area contributed by atoms with Gasteiger partial charge < -0.3 is 9.88 Å². The van der Waals surface area contributed by atoms with Crippen molar-refractivity contribution in [3.63, 3.8) is 0 Å². The highest BCUT2D eigenvalue weighted by Gasteiger charge is 2.40. The van der Waals surface area contributed by atoms with Crippen LogP contribution in [0.2, 0.25) is 0 Å².